The zero-order chi connectivity index (χ0) is 24.9. The topological polar surface area (TPSA) is 83.1 Å². The predicted octanol–water partition coefficient (Wildman–Crippen LogP) is 8.93. The van der Waals surface area contributed by atoms with Crippen molar-refractivity contribution in [2.45, 2.75) is 0 Å². The molecule has 4 heterocycles. The summed E-state index contributed by atoms with van der Waals surface area (Å²) in [6, 6.07) is 13.0. The predicted molar refractivity (Wildman–Crippen MR) is 195 cm³/mol. The smallest absolute Gasteiger partial charge is 0.164 e. The summed E-state index contributed by atoms with van der Waals surface area (Å²) in [5.41, 5.74) is 5.00. The summed E-state index contributed by atoms with van der Waals surface area (Å²) in [5.74, 6) is 1.31. The number of aromatic amines is 2. The zero-order valence-electron chi connectivity index (χ0n) is 17.5. The number of fused-ring (bicyclic) bond motifs is 15. The molecule has 6 bridgehead atoms. The second kappa shape index (κ2) is 9.32. The summed E-state index contributed by atoms with van der Waals surface area (Å²) < 4.78 is 7.01. The lowest BCUT2D eigenvalue weighted by atomic mass is 10.1. The van der Waals surface area contributed by atoms with Crippen LogP contribution >= 0.6 is 136 Å². The molecule has 6 nitrogen and oxygen atoms in total. The van der Waals surface area contributed by atoms with Gasteiger partial charge in [0.05, 0.1) is 0 Å². The summed E-state index contributed by atoms with van der Waals surface area (Å²) in [5, 5.41) is 4.10. The molecule has 0 spiro atoms. The summed E-state index contributed by atoms with van der Waals surface area (Å²) >= 11 is 14.2. The van der Waals surface area contributed by atoms with Crippen LogP contribution in [0.15, 0.2) is 36.4 Å². The molecule has 12 heteroatoms. The highest BCUT2D eigenvalue weighted by Gasteiger charge is 2.22. The number of benzene rings is 3. The van der Waals surface area contributed by atoms with Gasteiger partial charge in [-0.25, -0.2) is 19.9 Å². The van der Waals surface area contributed by atoms with Crippen LogP contribution < -0.4 is 0 Å². The Bertz CT molecular complexity index is 1890. The van der Waals surface area contributed by atoms with Gasteiger partial charge in [0.2, 0.25) is 0 Å². The Hall–Kier alpha value is 0.0600. The second-order valence-electron chi connectivity index (χ2n) is 8.17. The molecule has 0 atom stereocenters. The van der Waals surface area contributed by atoms with Gasteiger partial charge < -0.3 is 9.97 Å². The Balaban J connectivity index is 1.76. The minimum absolute atomic E-state index is 0.655. The van der Waals surface area contributed by atoms with Gasteiger partial charge in [-0.2, -0.15) is 0 Å². The van der Waals surface area contributed by atoms with E-state index in [9.17, 15) is 0 Å². The van der Waals surface area contributed by atoms with Crippen molar-refractivity contribution >= 4 is 180 Å². The molecule has 0 unspecified atom stereocenters. The molecule has 0 radical (unpaired) electrons. The molecule has 2 N–H and O–H groups in total. The zero-order valence-corrected chi connectivity index (χ0v) is 30.5. The lowest BCUT2D eigenvalue weighted by Gasteiger charge is -2.02. The highest BCUT2D eigenvalue weighted by Crippen LogP contribution is 2.38. The van der Waals surface area contributed by atoms with Gasteiger partial charge in [-0.05, 0) is 172 Å². The summed E-state index contributed by atoms with van der Waals surface area (Å²) in [7, 11) is 0. The lowest BCUT2D eigenvalue weighted by Crippen LogP contribution is -1.87. The van der Waals surface area contributed by atoms with E-state index in [-0.39, 0.29) is 0 Å². The maximum Gasteiger partial charge on any atom is 0.164 e. The third-order valence-electron chi connectivity index (χ3n) is 6.03. The molecule has 3 aromatic carbocycles. The quantitative estimate of drug-likeness (QED) is 0.149. The molecule has 0 saturated carbocycles. The minimum atomic E-state index is 0.655. The molecule has 0 aliphatic carbocycles. The highest BCUT2D eigenvalue weighted by atomic mass is 127. The van der Waals surface area contributed by atoms with Crippen LogP contribution in [0.5, 0.6) is 0 Å². The van der Waals surface area contributed by atoms with Crippen molar-refractivity contribution in [2.24, 2.45) is 0 Å². The van der Waals surface area contributed by atoms with Gasteiger partial charge in [-0.1, -0.05) is 0 Å². The number of halogens is 6. The molecule has 36 heavy (non-hydrogen) atoms. The molecule has 7 rings (SSSR count). The van der Waals surface area contributed by atoms with Gasteiger partial charge in [0.1, 0.15) is 22.6 Å². The number of nitrogens with one attached hydrogen (secondary N) is 2. The van der Waals surface area contributed by atoms with Crippen molar-refractivity contribution in [3.8, 4) is 22.8 Å². The van der Waals surface area contributed by atoms with Crippen LogP contribution in [0.25, 0.3) is 66.9 Å². The number of rotatable bonds is 0. The molecule has 3 aromatic heterocycles. The average molecular weight is 1140 g/mol. The van der Waals surface area contributed by atoms with Crippen LogP contribution in [-0.2, 0) is 0 Å². The highest BCUT2D eigenvalue weighted by molar-refractivity contribution is 14.1. The molecule has 1 aliphatic rings. The molecular formula is C24H8I6N6. The Labute approximate surface area is 285 Å². The number of aromatic nitrogens is 6. The first kappa shape index (κ1) is 25.1. The van der Waals surface area contributed by atoms with Crippen molar-refractivity contribution in [1.82, 2.24) is 29.9 Å². The van der Waals surface area contributed by atoms with Gasteiger partial charge >= 0.3 is 0 Å². The summed E-state index contributed by atoms with van der Waals surface area (Å²) in [6.45, 7) is 0. The van der Waals surface area contributed by atoms with Crippen molar-refractivity contribution in [1.29, 1.82) is 0 Å². The third kappa shape index (κ3) is 4.03. The van der Waals surface area contributed by atoms with E-state index in [1.165, 1.54) is 14.3 Å². The van der Waals surface area contributed by atoms with E-state index in [0.717, 1.165) is 62.4 Å². The van der Waals surface area contributed by atoms with Crippen molar-refractivity contribution in [3.05, 3.63) is 57.8 Å². The van der Waals surface area contributed by atoms with Crippen LogP contribution in [-0.4, -0.2) is 29.9 Å². The Kier molecular flexibility index (Phi) is 6.49. The molecule has 6 aromatic rings. The standard InChI is InChI=1S/C24H8I6N6/c25-13-1-7-8(2-14(13)26)20-31-19(7)34-21-9-3-15(27)16(28)4-10(9)23(32-21)36-24-12-6-18(30)17(29)5-11(12)22(33-24)35-20/h1-6H,(H2,31,32,33,34,35,36). The van der Waals surface area contributed by atoms with Crippen LogP contribution in [0.2, 0.25) is 0 Å². The molecule has 0 fully saturated rings. The number of nitrogens with zero attached hydrogens (tertiary/aromatic N) is 4. The van der Waals surface area contributed by atoms with Crippen LogP contribution in [0.1, 0.15) is 0 Å². The maximum atomic E-state index is 5.09. The maximum absolute atomic E-state index is 5.09. The Morgan fingerprint density at radius 3 is 1.06 bits per heavy atom. The largest absolute Gasteiger partial charge is 0.324 e. The lowest BCUT2D eigenvalue weighted by molar-refractivity contribution is 1.20. The van der Waals surface area contributed by atoms with E-state index in [2.05, 4.69) is 182 Å². The number of hydrogen-bond acceptors (Lipinski definition) is 4. The Morgan fingerprint density at radius 1 is 0.389 bits per heavy atom. The van der Waals surface area contributed by atoms with Crippen molar-refractivity contribution in [3.63, 3.8) is 0 Å². The van der Waals surface area contributed by atoms with Crippen molar-refractivity contribution < 1.29 is 0 Å². The fourth-order valence-corrected chi connectivity index (χ4v) is 7.16. The number of hydrogen-bond donors (Lipinski definition) is 2. The SMILES string of the molecule is Ic1cc2c(cc1I)-c1nc-2nc2[nH]c(nc3[nH]c(n1)c1cc(I)c(I)cc31)c1cc(I)c(I)cc21. The van der Waals surface area contributed by atoms with E-state index in [1.807, 2.05) is 0 Å². The third-order valence-corrected chi connectivity index (χ3v) is 14.5. The van der Waals surface area contributed by atoms with Crippen LogP contribution in [0, 0.1) is 21.4 Å². The molecular weight excluding hydrogens is 1130 g/mol. The molecule has 176 valence electrons. The fraction of sp³-hybridized carbons (Fsp3) is 0. The summed E-state index contributed by atoms with van der Waals surface area (Å²) in [4.78, 5) is 27.1. The van der Waals surface area contributed by atoms with Crippen LogP contribution in [0.4, 0.5) is 0 Å². The first-order valence-corrected chi connectivity index (χ1v) is 16.9. The first-order chi connectivity index (χ1) is 17.3. The van der Waals surface area contributed by atoms with E-state index < -0.39 is 0 Å². The molecule has 1 aliphatic heterocycles. The van der Waals surface area contributed by atoms with Crippen molar-refractivity contribution in [2.75, 3.05) is 0 Å². The average Bonchev–Trinajstić information content (AvgIpc) is 3.43. The van der Waals surface area contributed by atoms with Gasteiger partial charge in [0, 0.05) is 54.1 Å². The molecule has 0 saturated heterocycles. The van der Waals surface area contributed by atoms with Gasteiger partial charge in [-0.15, -0.1) is 0 Å². The van der Waals surface area contributed by atoms with E-state index in [0.29, 0.717) is 11.6 Å². The van der Waals surface area contributed by atoms with E-state index in [1.54, 1.807) is 0 Å². The van der Waals surface area contributed by atoms with E-state index in [4.69, 9.17) is 19.9 Å². The normalized spacial score (nSPS) is 12.2. The summed E-state index contributed by atoms with van der Waals surface area (Å²) in [6.07, 6.45) is 0. The monoisotopic (exact) mass is 1140 g/mol. The van der Waals surface area contributed by atoms with Gasteiger partial charge in [0.15, 0.2) is 11.6 Å². The molecule has 0 amide bonds. The van der Waals surface area contributed by atoms with Crippen LogP contribution in [0.3, 0.4) is 0 Å². The van der Waals surface area contributed by atoms with Gasteiger partial charge in [-0.3, -0.25) is 0 Å². The second-order valence-corrected chi connectivity index (χ2v) is 15.1. The fourth-order valence-electron chi connectivity index (χ4n) is 4.36. The Morgan fingerprint density at radius 2 is 0.694 bits per heavy atom. The first-order valence-electron chi connectivity index (χ1n) is 10.4. The van der Waals surface area contributed by atoms with Gasteiger partial charge in [0.25, 0.3) is 0 Å². The number of H-pyrrole nitrogens is 2. The minimum Gasteiger partial charge on any atom is -0.324 e. The van der Waals surface area contributed by atoms with E-state index >= 15 is 0 Å².